The fourth-order valence-electron chi connectivity index (χ4n) is 4.18. The third-order valence-corrected chi connectivity index (χ3v) is 6.09. The van der Waals surface area contributed by atoms with Crippen LogP contribution in [0, 0.1) is 0 Å². The van der Waals surface area contributed by atoms with E-state index in [0.717, 1.165) is 17.2 Å². The zero-order valence-electron chi connectivity index (χ0n) is 22.2. The Labute approximate surface area is 238 Å². The van der Waals surface area contributed by atoms with Gasteiger partial charge >= 0.3 is 6.18 Å². The number of fused-ring (bicyclic) bond motifs is 1. The number of benzene rings is 4. The van der Waals surface area contributed by atoms with Crippen LogP contribution in [0.4, 0.5) is 18.9 Å². The number of anilines is 1. The van der Waals surface area contributed by atoms with E-state index in [9.17, 15) is 22.8 Å². The van der Waals surface area contributed by atoms with Crippen LogP contribution in [-0.4, -0.2) is 19.1 Å². The number of carbonyl (C=O) groups is 1. The van der Waals surface area contributed by atoms with E-state index in [0.29, 0.717) is 18.0 Å². The van der Waals surface area contributed by atoms with E-state index in [1.54, 1.807) is 36.4 Å². The molecule has 0 unspecified atom stereocenters. The summed E-state index contributed by atoms with van der Waals surface area (Å²) in [5.74, 6) is -2.56. The Balaban J connectivity index is 1.37. The van der Waals surface area contributed by atoms with Gasteiger partial charge in [0.2, 0.25) is 11.2 Å². The smallest absolute Gasteiger partial charge is 0.453 e. The standard InChI is InChI=1S/C32H24F3NO6/c1-2-39-26-11-7-6-10-25(26)36-28(37)19-40-23-16-17-24-27(18-23)42-31(32(33,34)35)30(29(24)38)41-22-14-12-21(13-15-22)20-8-4-3-5-9-20/h3-18H,2,19H2,1H3,(H,36,37). The molecule has 42 heavy (non-hydrogen) atoms. The molecular weight excluding hydrogens is 551 g/mol. The largest absolute Gasteiger partial charge is 0.492 e. The highest BCUT2D eigenvalue weighted by molar-refractivity contribution is 5.93. The number of rotatable bonds is 9. The maximum absolute atomic E-state index is 14.0. The zero-order chi connectivity index (χ0) is 29.7. The quantitative estimate of drug-likeness (QED) is 0.194. The van der Waals surface area contributed by atoms with Gasteiger partial charge in [0.1, 0.15) is 22.8 Å². The van der Waals surface area contributed by atoms with Gasteiger partial charge in [-0.2, -0.15) is 13.2 Å². The van der Waals surface area contributed by atoms with Crippen LogP contribution in [0.3, 0.4) is 0 Å². The van der Waals surface area contributed by atoms with Crippen molar-refractivity contribution < 1.29 is 36.6 Å². The summed E-state index contributed by atoms with van der Waals surface area (Å²) in [4.78, 5) is 25.6. The summed E-state index contributed by atoms with van der Waals surface area (Å²) in [6.45, 7) is 1.75. The van der Waals surface area contributed by atoms with Crippen molar-refractivity contribution in [3.63, 3.8) is 0 Å². The first kappa shape index (κ1) is 28.3. The minimum atomic E-state index is -5.03. The van der Waals surface area contributed by atoms with Gasteiger partial charge in [0.15, 0.2) is 6.61 Å². The van der Waals surface area contributed by atoms with Crippen molar-refractivity contribution in [1.29, 1.82) is 0 Å². The molecule has 1 heterocycles. The third kappa shape index (κ3) is 6.38. The minimum Gasteiger partial charge on any atom is -0.492 e. The topological polar surface area (TPSA) is 87.0 Å². The normalized spacial score (nSPS) is 11.2. The molecule has 0 fully saturated rings. The molecule has 1 aromatic heterocycles. The Kier molecular flexibility index (Phi) is 8.14. The van der Waals surface area contributed by atoms with Crippen molar-refractivity contribution >= 4 is 22.6 Å². The zero-order valence-corrected chi connectivity index (χ0v) is 22.2. The van der Waals surface area contributed by atoms with Crippen molar-refractivity contribution in [2.45, 2.75) is 13.1 Å². The highest BCUT2D eigenvalue weighted by Gasteiger charge is 2.40. The van der Waals surface area contributed by atoms with Crippen molar-refractivity contribution in [3.05, 3.63) is 113 Å². The molecular formula is C32H24F3NO6. The number of carbonyl (C=O) groups excluding carboxylic acids is 1. The van der Waals surface area contributed by atoms with E-state index in [-0.39, 0.29) is 22.5 Å². The van der Waals surface area contributed by atoms with Gasteiger partial charge in [-0.15, -0.1) is 0 Å². The summed E-state index contributed by atoms with van der Waals surface area (Å²) in [6, 6.07) is 26.2. The van der Waals surface area contributed by atoms with Crippen LogP contribution in [0.25, 0.3) is 22.1 Å². The van der Waals surface area contributed by atoms with Crippen LogP contribution >= 0.6 is 0 Å². The molecule has 0 aliphatic rings. The minimum absolute atomic E-state index is 0.0252. The van der Waals surface area contributed by atoms with Gasteiger partial charge in [0.05, 0.1) is 17.7 Å². The van der Waals surface area contributed by atoms with Crippen LogP contribution in [-0.2, 0) is 11.0 Å². The first-order chi connectivity index (χ1) is 20.2. The molecule has 0 saturated heterocycles. The summed E-state index contributed by atoms with van der Waals surface area (Å²) in [5, 5.41) is 2.50. The highest BCUT2D eigenvalue weighted by atomic mass is 19.4. The van der Waals surface area contributed by atoms with Crippen molar-refractivity contribution in [2.24, 2.45) is 0 Å². The fraction of sp³-hybridized carbons (Fsp3) is 0.125. The molecule has 0 aliphatic heterocycles. The van der Waals surface area contributed by atoms with E-state index >= 15 is 0 Å². The van der Waals surface area contributed by atoms with Gasteiger partial charge in [-0.1, -0.05) is 54.6 Å². The Hall–Kier alpha value is -5.25. The molecule has 214 valence electrons. The number of amides is 1. The third-order valence-electron chi connectivity index (χ3n) is 6.09. The number of nitrogens with one attached hydrogen (secondary N) is 1. The van der Waals surface area contributed by atoms with E-state index in [4.69, 9.17) is 18.6 Å². The maximum atomic E-state index is 14.0. The summed E-state index contributed by atoms with van der Waals surface area (Å²) in [6.07, 6.45) is -5.03. The summed E-state index contributed by atoms with van der Waals surface area (Å²) >= 11 is 0. The number of hydrogen-bond donors (Lipinski definition) is 1. The molecule has 0 bridgehead atoms. The molecule has 1 amide bonds. The van der Waals surface area contributed by atoms with E-state index in [1.165, 1.54) is 24.3 Å². The summed E-state index contributed by atoms with van der Waals surface area (Å²) in [5.41, 5.74) is 0.793. The SMILES string of the molecule is CCOc1ccccc1NC(=O)COc1ccc2c(=O)c(Oc3ccc(-c4ccccc4)cc3)c(C(F)(F)F)oc2c1. The highest BCUT2D eigenvalue weighted by Crippen LogP contribution is 2.39. The predicted octanol–water partition coefficient (Wildman–Crippen LogP) is 7.69. The summed E-state index contributed by atoms with van der Waals surface area (Å²) in [7, 11) is 0. The molecule has 5 rings (SSSR count). The van der Waals surface area contributed by atoms with Crippen LogP contribution in [0.2, 0.25) is 0 Å². The Morgan fingerprint density at radius 3 is 2.21 bits per heavy atom. The predicted molar refractivity (Wildman–Crippen MR) is 151 cm³/mol. The van der Waals surface area contributed by atoms with Gasteiger partial charge in [-0.25, -0.2) is 0 Å². The number of halogens is 3. The number of hydrogen-bond acceptors (Lipinski definition) is 6. The molecule has 0 atom stereocenters. The van der Waals surface area contributed by atoms with Crippen molar-refractivity contribution in [1.82, 2.24) is 0 Å². The molecule has 1 N–H and O–H groups in total. The Morgan fingerprint density at radius 1 is 0.833 bits per heavy atom. The van der Waals surface area contributed by atoms with E-state index in [1.807, 2.05) is 37.3 Å². The van der Waals surface area contributed by atoms with Gasteiger partial charge in [0, 0.05) is 6.07 Å². The van der Waals surface area contributed by atoms with Crippen LogP contribution in [0.5, 0.6) is 23.0 Å². The molecule has 10 heteroatoms. The second-order valence-corrected chi connectivity index (χ2v) is 9.00. The molecule has 0 radical (unpaired) electrons. The van der Waals surface area contributed by atoms with E-state index in [2.05, 4.69) is 5.32 Å². The molecule has 7 nitrogen and oxygen atoms in total. The Morgan fingerprint density at radius 2 is 1.50 bits per heavy atom. The van der Waals surface area contributed by atoms with Crippen LogP contribution in [0.15, 0.2) is 106 Å². The lowest BCUT2D eigenvalue weighted by molar-refractivity contribution is -0.154. The van der Waals surface area contributed by atoms with Gasteiger partial charge in [-0.05, 0) is 54.4 Å². The number of ether oxygens (including phenoxy) is 3. The molecule has 5 aromatic rings. The Bertz CT molecular complexity index is 1770. The van der Waals surface area contributed by atoms with Gasteiger partial charge < -0.3 is 23.9 Å². The number of alkyl halides is 3. The number of para-hydroxylation sites is 2. The lowest BCUT2D eigenvalue weighted by atomic mass is 10.1. The summed E-state index contributed by atoms with van der Waals surface area (Å²) < 4.78 is 63.5. The lowest BCUT2D eigenvalue weighted by Crippen LogP contribution is -2.20. The van der Waals surface area contributed by atoms with Gasteiger partial charge in [0.25, 0.3) is 11.7 Å². The molecule has 4 aromatic carbocycles. The monoisotopic (exact) mass is 575 g/mol. The molecule has 0 spiro atoms. The lowest BCUT2D eigenvalue weighted by Gasteiger charge is -2.14. The van der Waals surface area contributed by atoms with E-state index < -0.39 is 35.6 Å². The first-order valence-electron chi connectivity index (χ1n) is 12.9. The average molecular weight is 576 g/mol. The fourth-order valence-corrected chi connectivity index (χ4v) is 4.18. The van der Waals surface area contributed by atoms with Crippen molar-refractivity contribution in [3.8, 4) is 34.1 Å². The maximum Gasteiger partial charge on any atom is 0.453 e. The van der Waals surface area contributed by atoms with Gasteiger partial charge in [-0.3, -0.25) is 9.59 Å². The second kappa shape index (κ2) is 12.1. The van der Waals surface area contributed by atoms with Crippen LogP contribution in [0.1, 0.15) is 12.7 Å². The average Bonchev–Trinajstić information content (AvgIpc) is 2.99. The van der Waals surface area contributed by atoms with Crippen molar-refractivity contribution in [2.75, 3.05) is 18.5 Å². The molecule has 0 aliphatic carbocycles. The second-order valence-electron chi connectivity index (χ2n) is 9.00. The van der Waals surface area contributed by atoms with Crippen LogP contribution < -0.4 is 25.0 Å². The molecule has 0 saturated carbocycles. The first-order valence-corrected chi connectivity index (χ1v) is 12.9.